The summed E-state index contributed by atoms with van der Waals surface area (Å²) in [5.74, 6) is -1.91. The fourth-order valence-corrected chi connectivity index (χ4v) is 2.96. The SMILES string of the molecule is Nc1c(N(CCO)C(=O)c2ccccc2F)c(=O)[nH]c(=O)n1Cc1ccccc1. The second kappa shape index (κ2) is 8.53. The molecule has 0 fully saturated rings. The van der Waals surface area contributed by atoms with Crippen LogP contribution in [0, 0.1) is 5.82 Å². The van der Waals surface area contributed by atoms with Crippen LogP contribution >= 0.6 is 0 Å². The Hall–Kier alpha value is -3.72. The number of aromatic nitrogens is 2. The van der Waals surface area contributed by atoms with Crippen molar-refractivity contribution in [2.75, 3.05) is 23.8 Å². The molecule has 3 rings (SSSR count). The van der Waals surface area contributed by atoms with Crippen molar-refractivity contribution >= 4 is 17.4 Å². The highest BCUT2D eigenvalue weighted by atomic mass is 19.1. The molecule has 29 heavy (non-hydrogen) atoms. The molecule has 0 atom stereocenters. The summed E-state index contributed by atoms with van der Waals surface area (Å²) in [5, 5.41) is 9.39. The average Bonchev–Trinajstić information content (AvgIpc) is 2.71. The predicted molar refractivity (Wildman–Crippen MR) is 106 cm³/mol. The third-order valence-corrected chi connectivity index (χ3v) is 4.34. The fourth-order valence-electron chi connectivity index (χ4n) is 2.96. The Morgan fingerprint density at radius 2 is 1.76 bits per heavy atom. The predicted octanol–water partition coefficient (Wildman–Crippen LogP) is 0.945. The average molecular weight is 398 g/mol. The number of aliphatic hydroxyl groups is 1. The number of halogens is 1. The summed E-state index contributed by atoms with van der Waals surface area (Å²) in [6.45, 7) is -0.767. The van der Waals surface area contributed by atoms with Crippen molar-refractivity contribution in [1.29, 1.82) is 0 Å². The lowest BCUT2D eigenvalue weighted by molar-refractivity contribution is 0.0976. The second-order valence-electron chi connectivity index (χ2n) is 6.23. The van der Waals surface area contributed by atoms with E-state index in [0.29, 0.717) is 0 Å². The lowest BCUT2D eigenvalue weighted by Gasteiger charge is -2.24. The van der Waals surface area contributed by atoms with Gasteiger partial charge in [-0.25, -0.2) is 9.18 Å². The molecule has 2 aromatic carbocycles. The number of carbonyl (C=O) groups excluding carboxylic acids is 1. The third-order valence-electron chi connectivity index (χ3n) is 4.34. The Balaban J connectivity index is 2.12. The maximum Gasteiger partial charge on any atom is 0.330 e. The van der Waals surface area contributed by atoms with E-state index in [4.69, 9.17) is 5.73 Å². The van der Waals surface area contributed by atoms with Gasteiger partial charge in [-0.1, -0.05) is 42.5 Å². The summed E-state index contributed by atoms with van der Waals surface area (Å²) < 4.78 is 15.2. The number of nitrogens with one attached hydrogen (secondary N) is 1. The molecule has 1 amide bonds. The van der Waals surface area contributed by atoms with Gasteiger partial charge in [-0.3, -0.25) is 24.0 Å². The van der Waals surface area contributed by atoms with Crippen LogP contribution in [0.3, 0.4) is 0 Å². The zero-order valence-corrected chi connectivity index (χ0v) is 15.3. The molecule has 0 bridgehead atoms. The number of benzene rings is 2. The number of aliphatic hydroxyl groups excluding tert-OH is 1. The number of amides is 1. The third kappa shape index (κ3) is 4.09. The Labute approximate surface area is 164 Å². The van der Waals surface area contributed by atoms with Gasteiger partial charge in [0.15, 0.2) is 5.69 Å². The van der Waals surface area contributed by atoms with Crippen LogP contribution in [0.1, 0.15) is 15.9 Å². The van der Waals surface area contributed by atoms with Crippen LogP contribution in [0.25, 0.3) is 0 Å². The molecule has 1 aromatic heterocycles. The molecule has 0 aliphatic heterocycles. The van der Waals surface area contributed by atoms with Crippen molar-refractivity contribution in [3.05, 3.63) is 92.4 Å². The standard InChI is InChI=1S/C20H19FN4O4/c21-15-9-5-4-8-14(15)19(28)24(10-11-26)16-17(22)25(20(29)23-18(16)27)12-13-6-2-1-3-7-13/h1-9,26H,10-12,22H2,(H,23,27,29). The van der Waals surface area contributed by atoms with E-state index in [1.807, 2.05) is 6.07 Å². The number of hydrogen-bond acceptors (Lipinski definition) is 5. The van der Waals surface area contributed by atoms with Gasteiger partial charge in [0.1, 0.15) is 11.6 Å². The van der Waals surface area contributed by atoms with Gasteiger partial charge in [-0.2, -0.15) is 0 Å². The summed E-state index contributed by atoms with van der Waals surface area (Å²) in [6.07, 6.45) is 0. The van der Waals surface area contributed by atoms with E-state index < -0.39 is 29.6 Å². The first-order valence-corrected chi connectivity index (χ1v) is 8.77. The highest BCUT2D eigenvalue weighted by Gasteiger charge is 2.26. The van der Waals surface area contributed by atoms with Crippen LogP contribution < -0.4 is 21.9 Å². The molecule has 150 valence electrons. The summed E-state index contributed by atoms with van der Waals surface area (Å²) in [4.78, 5) is 40.7. The first kappa shape index (κ1) is 20.0. The molecule has 4 N–H and O–H groups in total. The quantitative estimate of drug-likeness (QED) is 0.571. The lowest BCUT2D eigenvalue weighted by Crippen LogP contribution is -2.42. The number of anilines is 2. The number of aromatic amines is 1. The Morgan fingerprint density at radius 3 is 2.41 bits per heavy atom. The van der Waals surface area contributed by atoms with Crippen molar-refractivity contribution in [2.45, 2.75) is 6.54 Å². The largest absolute Gasteiger partial charge is 0.395 e. The molecule has 0 saturated heterocycles. The number of rotatable bonds is 6. The molecule has 0 aliphatic rings. The highest BCUT2D eigenvalue weighted by Crippen LogP contribution is 2.21. The van der Waals surface area contributed by atoms with E-state index in [0.717, 1.165) is 21.1 Å². The molecule has 1 heterocycles. The van der Waals surface area contributed by atoms with Gasteiger partial charge in [-0.15, -0.1) is 0 Å². The van der Waals surface area contributed by atoms with Crippen molar-refractivity contribution in [2.24, 2.45) is 0 Å². The minimum absolute atomic E-state index is 0.0517. The molecular weight excluding hydrogens is 379 g/mol. The van der Waals surface area contributed by atoms with Crippen molar-refractivity contribution in [3.63, 3.8) is 0 Å². The van der Waals surface area contributed by atoms with E-state index in [-0.39, 0.29) is 30.2 Å². The van der Waals surface area contributed by atoms with Gasteiger partial charge in [0.05, 0.1) is 18.7 Å². The summed E-state index contributed by atoms with van der Waals surface area (Å²) in [6, 6.07) is 14.2. The first-order chi connectivity index (χ1) is 13.9. The van der Waals surface area contributed by atoms with Gasteiger partial charge >= 0.3 is 5.69 Å². The van der Waals surface area contributed by atoms with E-state index in [1.165, 1.54) is 18.2 Å². The van der Waals surface area contributed by atoms with Gasteiger partial charge < -0.3 is 10.8 Å². The van der Waals surface area contributed by atoms with E-state index >= 15 is 0 Å². The molecule has 0 unspecified atom stereocenters. The molecule has 9 heteroatoms. The van der Waals surface area contributed by atoms with Crippen LogP contribution in [0.4, 0.5) is 15.9 Å². The number of nitrogen functional groups attached to an aromatic ring is 1. The monoisotopic (exact) mass is 398 g/mol. The fraction of sp³-hybridized carbons (Fsp3) is 0.150. The van der Waals surface area contributed by atoms with E-state index in [1.54, 1.807) is 24.3 Å². The molecule has 3 aromatic rings. The number of carbonyl (C=O) groups is 1. The molecule has 0 spiro atoms. The van der Waals surface area contributed by atoms with Crippen molar-refractivity contribution in [1.82, 2.24) is 9.55 Å². The highest BCUT2D eigenvalue weighted by molar-refractivity contribution is 6.07. The normalized spacial score (nSPS) is 10.7. The molecule has 0 radical (unpaired) electrons. The molecule has 0 saturated carbocycles. The van der Waals surface area contributed by atoms with Crippen molar-refractivity contribution < 1.29 is 14.3 Å². The van der Waals surface area contributed by atoms with E-state index in [9.17, 15) is 23.9 Å². The second-order valence-corrected chi connectivity index (χ2v) is 6.23. The molecule has 8 nitrogen and oxygen atoms in total. The van der Waals surface area contributed by atoms with Crippen LogP contribution in [0.15, 0.2) is 64.2 Å². The lowest BCUT2D eigenvalue weighted by atomic mass is 10.1. The van der Waals surface area contributed by atoms with Gasteiger partial charge in [0, 0.05) is 6.54 Å². The maximum atomic E-state index is 14.1. The smallest absolute Gasteiger partial charge is 0.330 e. The molecular formula is C20H19FN4O4. The van der Waals surface area contributed by atoms with Crippen LogP contribution in [-0.4, -0.2) is 33.7 Å². The van der Waals surface area contributed by atoms with Crippen LogP contribution in [0.2, 0.25) is 0 Å². The number of H-pyrrole nitrogens is 1. The van der Waals surface area contributed by atoms with Crippen LogP contribution in [0.5, 0.6) is 0 Å². The first-order valence-electron chi connectivity index (χ1n) is 8.77. The number of nitrogens with two attached hydrogens (primary N) is 1. The zero-order chi connectivity index (χ0) is 21.0. The Bertz CT molecular complexity index is 1140. The maximum absolute atomic E-state index is 14.1. The minimum atomic E-state index is -0.907. The van der Waals surface area contributed by atoms with Gasteiger partial charge in [0.25, 0.3) is 11.5 Å². The van der Waals surface area contributed by atoms with Gasteiger partial charge in [-0.05, 0) is 17.7 Å². The Kier molecular flexibility index (Phi) is 5.89. The summed E-state index contributed by atoms with van der Waals surface area (Å²) in [7, 11) is 0. The zero-order valence-electron chi connectivity index (χ0n) is 15.3. The molecule has 0 aliphatic carbocycles. The van der Waals surface area contributed by atoms with Gasteiger partial charge in [0.2, 0.25) is 0 Å². The van der Waals surface area contributed by atoms with Crippen molar-refractivity contribution in [3.8, 4) is 0 Å². The minimum Gasteiger partial charge on any atom is -0.395 e. The number of hydrogen-bond donors (Lipinski definition) is 3. The Morgan fingerprint density at radius 1 is 1.10 bits per heavy atom. The topological polar surface area (TPSA) is 121 Å². The summed E-state index contributed by atoms with van der Waals surface area (Å²) >= 11 is 0. The van der Waals surface area contributed by atoms with E-state index in [2.05, 4.69) is 4.98 Å². The summed E-state index contributed by atoms with van der Waals surface area (Å²) in [5.41, 5.74) is 4.56. The number of nitrogens with zero attached hydrogens (tertiary/aromatic N) is 2. The van der Waals surface area contributed by atoms with Crippen LogP contribution in [-0.2, 0) is 6.54 Å².